The quantitative estimate of drug-likeness (QED) is 0.543. The van der Waals surface area contributed by atoms with Gasteiger partial charge >= 0.3 is 0 Å². The second kappa shape index (κ2) is 4.06. The first-order valence-electron chi connectivity index (χ1n) is 6.30. The van der Waals surface area contributed by atoms with Gasteiger partial charge in [-0.25, -0.2) is 0 Å². The van der Waals surface area contributed by atoms with E-state index in [-0.39, 0.29) is 0 Å². The van der Waals surface area contributed by atoms with Crippen molar-refractivity contribution in [3.63, 3.8) is 0 Å². The molecule has 0 heterocycles. The summed E-state index contributed by atoms with van der Waals surface area (Å²) in [6.45, 7) is 14.0. The molecule has 0 aromatic heterocycles. The Bertz CT molecular complexity index is 203. The summed E-state index contributed by atoms with van der Waals surface area (Å²) in [5.74, 6) is 7.18. The van der Waals surface area contributed by atoms with E-state index in [0.29, 0.717) is 28.7 Å². The molecule has 0 bridgehead atoms. The predicted octanol–water partition coefficient (Wildman–Crippen LogP) is 2.94. The molecule has 0 aromatic carbocycles. The molecule has 0 amide bonds. The Kier molecular flexibility index (Phi) is 3.52. The van der Waals surface area contributed by atoms with E-state index in [1.165, 1.54) is 12.8 Å². The molecule has 0 aromatic rings. The van der Waals surface area contributed by atoms with Crippen molar-refractivity contribution in [2.45, 2.75) is 60.4 Å². The van der Waals surface area contributed by atoms with Crippen LogP contribution in [-0.2, 0) is 0 Å². The highest BCUT2D eigenvalue weighted by Gasteiger charge is 2.67. The van der Waals surface area contributed by atoms with Crippen molar-refractivity contribution < 1.29 is 0 Å². The molecule has 0 radical (unpaired) electrons. The lowest BCUT2D eigenvalue weighted by atomic mass is 9.88. The molecule has 0 aliphatic heterocycles. The third-order valence-electron chi connectivity index (χ3n) is 5.24. The maximum Gasteiger partial charge on any atom is 0.0277 e. The van der Waals surface area contributed by atoms with Crippen LogP contribution in [0.15, 0.2) is 0 Å². The molecule has 1 aliphatic carbocycles. The van der Waals surface area contributed by atoms with Crippen molar-refractivity contribution in [1.82, 2.24) is 5.43 Å². The van der Waals surface area contributed by atoms with E-state index in [0.717, 1.165) is 0 Å². The van der Waals surface area contributed by atoms with Crippen molar-refractivity contribution in [2.75, 3.05) is 0 Å². The number of nitrogens with one attached hydrogen (secondary N) is 1. The lowest BCUT2D eigenvalue weighted by molar-refractivity contribution is 0.273. The SMILES string of the molecule is CCC(CC)C(NN)C1C(C)(C)C1(C)C. The summed E-state index contributed by atoms with van der Waals surface area (Å²) in [6.07, 6.45) is 2.43. The molecular weight excluding hydrogens is 184 g/mol. The van der Waals surface area contributed by atoms with Gasteiger partial charge in [0.2, 0.25) is 0 Å². The Morgan fingerprint density at radius 1 is 1.07 bits per heavy atom. The van der Waals surface area contributed by atoms with Crippen LogP contribution < -0.4 is 11.3 Å². The first-order valence-corrected chi connectivity index (χ1v) is 6.30. The molecule has 1 rings (SSSR count). The summed E-state index contributed by atoms with van der Waals surface area (Å²) in [6, 6.07) is 0.477. The normalized spacial score (nSPS) is 25.6. The van der Waals surface area contributed by atoms with Gasteiger partial charge in [-0.05, 0) is 22.7 Å². The van der Waals surface area contributed by atoms with Crippen LogP contribution in [0, 0.1) is 22.7 Å². The lowest BCUT2D eigenvalue weighted by Gasteiger charge is -2.26. The summed E-state index contributed by atoms with van der Waals surface area (Å²) in [7, 11) is 0. The fourth-order valence-electron chi connectivity index (χ4n) is 3.45. The summed E-state index contributed by atoms with van der Waals surface area (Å²) in [5.41, 5.74) is 3.92. The van der Waals surface area contributed by atoms with Gasteiger partial charge in [-0.3, -0.25) is 11.3 Å². The van der Waals surface area contributed by atoms with E-state index in [4.69, 9.17) is 5.84 Å². The van der Waals surface area contributed by atoms with Gasteiger partial charge in [0.05, 0.1) is 0 Å². The van der Waals surface area contributed by atoms with E-state index in [9.17, 15) is 0 Å². The third-order valence-corrected chi connectivity index (χ3v) is 5.24. The van der Waals surface area contributed by atoms with Gasteiger partial charge in [-0.15, -0.1) is 0 Å². The summed E-state index contributed by atoms with van der Waals surface area (Å²) >= 11 is 0. The van der Waals surface area contributed by atoms with Crippen LogP contribution in [0.1, 0.15) is 54.4 Å². The first-order chi connectivity index (χ1) is 6.84. The average Bonchev–Trinajstić information content (AvgIpc) is 2.55. The fourth-order valence-corrected chi connectivity index (χ4v) is 3.45. The largest absolute Gasteiger partial charge is 0.271 e. The molecule has 0 spiro atoms. The van der Waals surface area contributed by atoms with Gasteiger partial charge < -0.3 is 0 Å². The molecule has 2 heteroatoms. The Labute approximate surface area is 95.0 Å². The zero-order chi connectivity index (χ0) is 11.9. The first kappa shape index (κ1) is 13.0. The van der Waals surface area contributed by atoms with Crippen molar-refractivity contribution in [3.05, 3.63) is 0 Å². The van der Waals surface area contributed by atoms with E-state index >= 15 is 0 Å². The smallest absolute Gasteiger partial charge is 0.0277 e. The highest BCUT2D eigenvalue weighted by atomic mass is 15.2. The maximum absolute atomic E-state index is 5.76. The number of hydrogen-bond acceptors (Lipinski definition) is 2. The van der Waals surface area contributed by atoms with Crippen LogP contribution in [0.25, 0.3) is 0 Å². The van der Waals surface area contributed by atoms with Gasteiger partial charge in [-0.2, -0.15) is 0 Å². The second-order valence-corrected chi connectivity index (χ2v) is 6.19. The minimum atomic E-state index is 0.423. The number of rotatable bonds is 5. The van der Waals surface area contributed by atoms with Crippen molar-refractivity contribution in [3.8, 4) is 0 Å². The van der Waals surface area contributed by atoms with Crippen LogP contribution >= 0.6 is 0 Å². The number of hydrazine groups is 1. The Balaban J connectivity index is 2.78. The summed E-state index contributed by atoms with van der Waals surface area (Å²) in [5, 5.41) is 0. The molecule has 2 nitrogen and oxygen atoms in total. The molecule has 0 saturated heterocycles. The Hall–Kier alpha value is -0.0800. The average molecular weight is 212 g/mol. The zero-order valence-electron chi connectivity index (χ0n) is 11.2. The molecule has 1 atom stereocenters. The molecule has 3 N–H and O–H groups in total. The van der Waals surface area contributed by atoms with Gasteiger partial charge in [0.15, 0.2) is 0 Å². The van der Waals surface area contributed by atoms with Gasteiger partial charge in [0.1, 0.15) is 0 Å². The van der Waals surface area contributed by atoms with E-state index in [1.807, 2.05) is 0 Å². The van der Waals surface area contributed by atoms with Crippen LogP contribution in [0.5, 0.6) is 0 Å². The standard InChI is InChI=1S/C13H28N2/c1-7-9(8-2)10(15-14)11-12(3,4)13(11,5)6/h9-11,15H,7-8,14H2,1-6H3. The highest BCUT2D eigenvalue weighted by Crippen LogP contribution is 2.70. The molecule has 1 unspecified atom stereocenters. The number of nitrogens with two attached hydrogens (primary N) is 1. The minimum absolute atomic E-state index is 0.423. The summed E-state index contributed by atoms with van der Waals surface area (Å²) in [4.78, 5) is 0. The molecule has 1 aliphatic rings. The monoisotopic (exact) mass is 212 g/mol. The predicted molar refractivity (Wildman–Crippen MR) is 66.2 cm³/mol. The molecule has 1 fully saturated rings. The summed E-state index contributed by atoms with van der Waals surface area (Å²) < 4.78 is 0. The fraction of sp³-hybridized carbons (Fsp3) is 1.00. The topological polar surface area (TPSA) is 38.0 Å². The van der Waals surface area contributed by atoms with Gasteiger partial charge in [0, 0.05) is 6.04 Å². The van der Waals surface area contributed by atoms with Gasteiger partial charge in [-0.1, -0.05) is 54.4 Å². The van der Waals surface area contributed by atoms with Crippen LogP contribution in [-0.4, -0.2) is 6.04 Å². The molecule has 15 heavy (non-hydrogen) atoms. The molecular formula is C13H28N2. The van der Waals surface area contributed by atoms with E-state index in [2.05, 4.69) is 47.0 Å². The molecule has 90 valence electrons. The zero-order valence-corrected chi connectivity index (χ0v) is 11.2. The third kappa shape index (κ3) is 1.83. The maximum atomic E-state index is 5.76. The molecule has 1 saturated carbocycles. The second-order valence-electron chi connectivity index (χ2n) is 6.19. The van der Waals surface area contributed by atoms with Crippen LogP contribution in [0.3, 0.4) is 0 Å². The van der Waals surface area contributed by atoms with Crippen molar-refractivity contribution in [2.24, 2.45) is 28.5 Å². The van der Waals surface area contributed by atoms with Gasteiger partial charge in [0.25, 0.3) is 0 Å². The van der Waals surface area contributed by atoms with E-state index < -0.39 is 0 Å². The number of hydrogen-bond donors (Lipinski definition) is 2. The van der Waals surface area contributed by atoms with Crippen molar-refractivity contribution >= 4 is 0 Å². The van der Waals surface area contributed by atoms with Crippen LogP contribution in [0.2, 0.25) is 0 Å². The van der Waals surface area contributed by atoms with E-state index in [1.54, 1.807) is 0 Å². The highest BCUT2D eigenvalue weighted by molar-refractivity contribution is 5.16. The Morgan fingerprint density at radius 3 is 1.67 bits per heavy atom. The Morgan fingerprint density at radius 2 is 1.47 bits per heavy atom. The van der Waals surface area contributed by atoms with Crippen LogP contribution in [0.4, 0.5) is 0 Å². The lowest BCUT2D eigenvalue weighted by Crippen LogP contribution is -2.43. The van der Waals surface area contributed by atoms with Crippen molar-refractivity contribution in [1.29, 1.82) is 0 Å². The minimum Gasteiger partial charge on any atom is -0.271 e.